The minimum atomic E-state index is -0.580. The van der Waals surface area contributed by atoms with Crippen LogP contribution in [0.25, 0.3) is 0 Å². The molecule has 1 N–H and O–H groups in total. The van der Waals surface area contributed by atoms with Gasteiger partial charge in [-0.2, -0.15) is 0 Å². The normalized spacial score (nSPS) is 9.56. The Bertz CT molecular complexity index is 393. The first-order chi connectivity index (χ1) is 7.65. The van der Waals surface area contributed by atoms with Gasteiger partial charge in [0.05, 0.1) is 12.0 Å². The van der Waals surface area contributed by atoms with Crippen molar-refractivity contribution in [3.8, 4) is 5.75 Å². The topological polar surface area (TPSA) is 90.7 Å². The maximum absolute atomic E-state index is 11.0. The highest BCUT2D eigenvalue weighted by Crippen LogP contribution is 2.25. The lowest BCUT2D eigenvalue weighted by molar-refractivity contribution is -0.385. The fourth-order valence-electron chi connectivity index (χ4n) is 1.02. The molecule has 0 atom stereocenters. The van der Waals surface area contributed by atoms with Gasteiger partial charge in [-0.15, -0.1) is 0 Å². The Hall–Kier alpha value is -2.15. The van der Waals surface area contributed by atoms with Crippen LogP contribution in [0.2, 0.25) is 0 Å². The Kier molecular flexibility index (Phi) is 4.22. The molecule has 0 saturated carbocycles. The van der Waals surface area contributed by atoms with Crippen LogP contribution in [0.3, 0.4) is 0 Å². The number of nitro groups is 1. The summed E-state index contributed by atoms with van der Waals surface area (Å²) >= 11 is 0. The molecule has 0 radical (unpaired) electrons. The first-order valence-corrected chi connectivity index (χ1v) is 4.33. The molecule has 7 heteroatoms. The maximum atomic E-state index is 11.0. The SMILES string of the molecule is CONC(=O)COc1ccccc1[N+](=O)[O-]. The van der Waals surface area contributed by atoms with Crippen molar-refractivity contribution in [2.75, 3.05) is 13.7 Å². The number of hydrogen-bond donors (Lipinski definition) is 1. The molecule has 0 spiro atoms. The van der Waals surface area contributed by atoms with E-state index in [1.165, 1.54) is 25.3 Å². The molecule has 1 rings (SSSR count). The highest BCUT2D eigenvalue weighted by atomic mass is 16.6. The number of nitrogens with one attached hydrogen (secondary N) is 1. The molecule has 7 nitrogen and oxygen atoms in total. The molecule has 16 heavy (non-hydrogen) atoms. The summed E-state index contributed by atoms with van der Waals surface area (Å²) in [5.74, 6) is -0.487. The van der Waals surface area contributed by atoms with Gasteiger partial charge in [-0.25, -0.2) is 5.48 Å². The van der Waals surface area contributed by atoms with Crippen molar-refractivity contribution in [2.45, 2.75) is 0 Å². The number of carbonyl (C=O) groups excluding carboxylic acids is 1. The van der Waals surface area contributed by atoms with Crippen LogP contribution in [0.5, 0.6) is 5.75 Å². The van der Waals surface area contributed by atoms with Gasteiger partial charge in [-0.1, -0.05) is 12.1 Å². The molecule has 0 aliphatic heterocycles. The van der Waals surface area contributed by atoms with Crippen LogP contribution in [-0.4, -0.2) is 24.5 Å². The van der Waals surface area contributed by atoms with Crippen molar-refractivity contribution < 1.29 is 19.3 Å². The van der Waals surface area contributed by atoms with Crippen LogP contribution < -0.4 is 10.2 Å². The molecule has 0 unspecified atom stereocenters. The molecule has 1 amide bonds. The molecular formula is C9H10N2O5. The van der Waals surface area contributed by atoms with Crippen LogP contribution >= 0.6 is 0 Å². The van der Waals surface area contributed by atoms with Crippen LogP contribution in [0, 0.1) is 10.1 Å². The highest BCUT2D eigenvalue weighted by Gasteiger charge is 2.14. The second-order valence-electron chi connectivity index (χ2n) is 2.74. The summed E-state index contributed by atoms with van der Waals surface area (Å²) in [7, 11) is 1.28. The second kappa shape index (κ2) is 5.66. The predicted octanol–water partition coefficient (Wildman–Crippen LogP) is 0.651. The van der Waals surface area contributed by atoms with Crippen molar-refractivity contribution in [2.24, 2.45) is 0 Å². The quantitative estimate of drug-likeness (QED) is 0.588. The molecule has 0 aromatic heterocycles. The number of nitro benzene ring substituents is 1. The zero-order valence-electron chi connectivity index (χ0n) is 8.50. The number of carbonyl (C=O) groups is 1. The molecule has 0 aliphatic rings. The zero-order chi connectivity index (χ0) is 12.0. The molecule has 1 aromatic carbocycles. The third-order valence-corrected chi connectivity index (χ3v) is 1.64. The first-order valence-electron chi connectivity index (χ1n) is 4.33. The largest absolute Gasteiger partial charge is 0.477 e. The molecule has 1 aromatic rings. The van der Waals surface area contributed by atoms with Crippen LogP contribution in [-0.2, 0) is 9.63 Å². The predicted molar refractivity (Wildman–Crippen MR) is 53.7 cm³/mol. The number of hydrogen-bond acceptors (Lipinski definition) is 5. The van der Waals surface area contributed by atoms with Gasteiger partial charge < -0.3 is 4.74 Å². The lowest BCUT2D eigenvalue weighted by Crippen LogP contribution is -2.27. The van der Waals surface area contributed by atoms with Crippen LogP contribution in [0.15, 0.2) is 24.3 Å². The highest BCUT2D eigenvalue weighted by molar-refractivity contribution is 5.76. The van der Waals surface area contributed by atoms with Gasteiger partial charge in [0.1, 0.15) is 0 Å². The second-order valence-corrected chi connectivity index (χ2v) is 2.74. The van der Waals surface area contributed by atoms with E-state index in [1.807, 2.05) is 5.48 Å². The van der Waals surface area contributed by atoms with Gasteiger partial charge in [-0.05, 0) is 6.07 Å². The first kappa shape index (κ1) is 11.9. The van der Waals surface area contributed by atoms with E-state index in [-0.39, 0.29) is 18.0 Å². The number of benzene rings is 1. The molecule has 0 saturated heterocycles. The Morgan fingerprint density at radius 2 is 2.19 bits per heavy atom. The molecule has 0 heterocycles. The standard InChI is InChI=1S/C9H10N2O5/c1-15-10-9(12)6-16-8-5-3-2-4-7(8)11(13)14/h2-5H,6H2,1H3,(H,10,12). The van der Waals surface area contributed by atoms with E-state index >= 15 is 0 Å². The number of hydroxylamine groups is 1. The fourth-order valence-corrected chi connectivity index (χ4v) is 1.02. The number of amides is 1. The summed E-state index contributed by atoms with van der Waals surface area (Å²) in [5.41, 5.74) is 1.84. The van der Waals surface area contributed by atoms with E-state index in [0.717, 1.165) is 0 Å². The van der Waals surface area contributed by atoms with E-state index in [9.17, 15) is 14.9 Å². The third kappa shape index (κ3) is 3.21. The molecule has 0 aliphatic carbocycles. The summed E-state index contributed by atoms with van der Waals surface area (Å²) in [4.78, 5) is 25.3. The van der Waals surface area contributed by atoms with Crippen LogP contribution in [0.1, 0.15) is 0 Å². The molecular weight excluding hydrogens is 216 g/mol. The van der Waals surface area contributed by atoms with Crippen molar-refractivity contribution in [3.63, 3.8) is 0 Å². The Balaban J connectivity index is 2.66. The fraction of sp³-hybridized carbons (Fsp3) is 0.222. The van der Waals surface area contributed by atoms with Gasteiger partial charge in [-0.3, -0.25) is 19.7 Å². The minimum absolute atomic E-state index is 0.0405. The van der Waals surface area contributed by atoms with E-state index in [4.69, 9.17) is 4.74 Å². The smallest absolute Gasteiger partial charge is 0.310 e. The number of nitrogens with zero attached hydrogens (tertiary/aromatic N) is 1. The van der Waals surface area contributed by atoms with E-state index in [1.54, 1.807) is 6.07 Å². The lowest BCUT2D eigenvalue weighted by Gasteiger charge is -2.05. The summed E-state index contributed by atoms with van der Waals surface area (Å²) < 4.78 is 4.98. The Morgan fingerprint density at radius 1 is 1.50 bits per heavy atom. The lowest BCUT2D eigenvalue weighted by atomic mass is 10.3. The summed E-state index contributed by atoms with van der Waals surface area (Å²) in [6.07, 6.45) is 0. The maximum Gasteiger partial charge on any atom is 0.310 e. The number of ether oxygens (including phenoxy) is 1. The van der Waals surface area contributed by atoms with Crippen molar-refractivity contribution in [1.82, 2.24) is 5.48 Å². The molecule has 0 bridgehead atoms. The summed E-state index contributed by atoms with van der Waals surface area (Å²) in [6, 6.07) is 5.80. The van der Waals surface area contributed by atoms with Gasteiger partial charge in [0.15, 0.2) is 12.4 Å². The van der Waals surface area contributed by atoms with Gasteiger partial charge in [0.25, 0.3) is 5.91 Å². The summed E-state index contributed by atoms with van der Waals surface area (Å²) in [5, 5.41) is 10.6. The average molecular weight is 226 g/mol. The Morgan fingerprint density at radius 3 is 2.81 bits per heavy atom. The summed E-state index contributed by atoms with van der Waals surface area (Å²) in [6.45, 7) is -0.349. The Labute approximate surface area is 91.1 Å². The van der Waals surface area contributed by atoms with E-state index in [2.05, 4.69) is 4.84 Å². The van der Waals surface area contributed by atoms with E-state index < -0.39 is 10.8 Å². The van der Waals surface area contributed by atoms with Gasteiger partial charge in [0, 0.05) is 6.07 Å². The third-order valence-electron chi connectivity index (χ3n) is 1.64. The molecule has 0 fully saturated rings. The van der Waals surface area contributed by atoms with E-state index in [0.29, 0.717) is 0 Å². The minimum Gasteiger partial charge on any atom is -0.477 e. The number of rotatable bonds is 5. The van der Waals surface area contributed by atoms with Crippen molar-refractivity contribution >= 4 is 11.6 Å². The van der Waals surface area contributed by atoms with Gasteiger partial charge >= 0.3 is 5.69 Å². The van der Waals surface area contributed by atoms with Crippen LogP contribution in [0.4, 0.5) is 5.69 Å². The average Bonchev–Trinajstić information content (AvgIpc) is 2.27. The van der Waals surface area contributed by atoms with Crippen molar-refractivity contribution in [1.29, 1.82) is 0 Å². The number of para-hydroxylation sites is 2. The van der Waals surface area contributed by atoms with Crippen molar-refractivity contribution in [3.05, 3.63) is 34.4 Å². The zero-order valence-corrected chi connectivity index (χ0v) is 8.50. The van der Waals surface area contributed by atoms with Gasteiger partial charge in [0.2, 0.25) is 0 Å². The molecule has 86 valence electrons. The monoisotopic (exact) mass is 226 g/mol.